The molecule has 18 heavy (non-hydrogen) atoms. The Labute approximate surface area is 108 Å². The lowest BCUT2D eigenvalue weighted by Gasteiger charge is -2.26. The highest BCUT2D eigenvalue weighted by molar-refractivity contribution is 5.99. The monoisotopic (exact) mass is 248 g/mol. The van der Waals surface area contributed by atoms with E-state index in [1.165, 1.54) is 0 Å². The molecule has 0 aromatic carbocycles. The fourth-order valence-electron chi connectivity index (χ4n) is 2.39. The average molecular weight is 248 g/mol. The number of aromatic nitrogens is 1. The van der Waals surface area contributed by atoms with Crippen LogP contribution in [-0.4, -0.2) is 48.1 Å². The maximum Gasteiger partial charge on any atom is 0.167 e. The SMILES string of the molecule is O=C(c1ccn(CCN2CCOCC2)c1)C1CC1. The molecule has 1 saturated carbocycles. The molecule has 2 heterocycles. The van der Waals surface area contributed by atoms with E-state index >= 15 is 0 Å². The van der Waals surface area contributed by atoms with Gasteiger partial charge in [0.25, 0.3) is 0 Å². The summed E-state index contributed by atoms with van der Waals surface area (Å²) in [5.41, 5.74) is 0.888. The number of rotatable bonds is 5. The van der Waals surface area contributed by atoms with E-state index in [0.29, 0.717) is 11.7 Å². The molecule has 4 heteroatoms. The molecule has 98 valence electrons. The van der Waals surface area contributed by atoms with E-state index in [0.717, 1.165) is 57.8 Å². The summed E-state index contributed by atoms with van der Waals surface area (Å²) in [7, 11) is 0. The van der Waals surface area contributed by atoms with Crippen LogP contribution in [0.2, 0.25) is 0 Å². The number of ketones is 1. The van der Waals surface area contributed by atoms with E-state index in [-0.39, 0.29) is 0 Å². The molecule has 1 saturated heterocycles. The number of hydrogen-bond acceptors (Lipinski definition) is 3. The van der Waals surface area contributed by atoms with Gasteiger partial charge in [-0.05, 0) is 18.9 Å². The molecule has 0 amide bonds. The minimum atomic E-state index is 0.320. The van der Waals surface area contributed by atoms with Crippen LogP contribution in [0, 0.1) is 5.92 Å². The highest BCUT2D eigenvalue weighted by Crippen LogP contribution is 2.32. The molecule has 0 spiro atoms. The molecule has 4 nitrogen and oxygen atoms in total. The summed E-state index contributed by atoms with van der Waals surface area (Å²) in [6.45, 7) is 5.73. The van der Waals surface area contributed by atoms with Crippen LogP contribution < -0.4 is 0 Å². The summed E-state index contributed by atoms with van der Waals surface area (Å²) in [6, 6.07) is 1.96. The van der Waals surface area contributed by atoms with Gasteiger partial charge in [0, 0.05) is 50.1 Å². The van der Waals surface area contributed by atoms with Crippen molar-refractivity contribution in [2.45, 2.75) is 19.4 Å². The van der Waals surface area contributed by atoms with Crippen molar-refractivity contribution in [2.75, 3.05) is 32.8 Å². The van der Waals surface area contributed by atoms with Crippen molar-refractivity contribution in [2.24, 2.45) is 5.92 Å². The van der Waals surface area contributed by atoms with Gasteiger partial charge in [-0.15, -0.1) is 0 Å². The van der Waals surface area contributed by atoms with Crippen LogP contribution in [0.1, 0.15) is 23.2 Å². The van der Waals surface area contributed by atoms with Crippen molar-refractivity contribution in [3.8, 4) is 0 Å². The van der Waals surface area contributed by atoms with E-state index in [2.05, 4.69) is 9.47 Å². The summed E-state index contributed by atoms with van der Waals surface area (Å²) in [4.78, 5) is 14.3. The smallest absolute Gasteiger partial charge is 0.167 e. The minimum Gasteiger partial charge on any atom is -0.379 e. The Morgan fingerprint density at radius 1 is 1.28 bits per heavy atom. The molecule has 0 atom stereocenters. The highest BCUT2D eigenvalue weighted by Gasteiger charge is 2.30. The van der Waals surface area contributed by atoms with Gasteiger partial charge in [-0.1, -0.05) is 0 Å². The topological polar surface area (TPSA) is 34.5 Å². The highest BCUT2D eigenvalue weighted by atomic mass is 16.5. The van der Waals surface area contributed by atoms with Gasteiger partial charge in [-0.2, -0.15) is 0 Å². The van der Waals surface area contributed by atoms with Crippen LogP contribution in [0.3, 0.4) is 0 Å². The maximum atomic E-state index is 11.9. The van der Waals surface area contributed by atoms with Crippen LogP contribution in [0.25, 0.3) is 0 Å². The summed E-state index contributed by atoms with van der Waals surface area (Å²) < 4.78 is 7.46. The van der Waals surface area contributed by atoms with Crippen molar-refractivity contribution >= 4 is 5.78 Å². The first-order valence-electron chi connectivity index (χ1n) is 6.83. The quantitative estimate of drug-likeness (QED) is 0.739. The van der Waals surface area contributed by atoms with Gasteiger partial charge in [0.2, 0.25) is 0 Å². The Bertz CT molecular complexity index is 417. The third kappa shape index (κ3) is 2.82. The molecule has 0 N–H and O–H groups in total. The fraction of sp³-hybridized carbons (Fsp3) is 0.643. The Morgan fingerprint density at radius 3 is 2.78 bits per heavy atom. The predicted octanol–water partition coefficient (Wildman–Crippen LogP) is 1.41. The second-order valence-electron chi connectivity index (χ2n) is 5.23. The van der Waals surface area contributed by atoms with Crippen molar-refractivity contribution in [3.05, 3.63) is 24.0 Å². The number of hydrogen-bond donors (Lipinski definition) is 0. The fourth-order valence-corrected chi connectivity index (χ4v) is 2.39. The first kappa shape index (κ1) is 11.9. The van der Waals surface area contributed by atoms with Crippen molar-refractivity contribution in [3.63, 3.8) is 0 Å². The van der Waals surface area contributed by atoms with Gasteiger partial charge in [0.15, 0.2) is 5.78 Å². The van der Waals surface area contributed by atoms with Gasteiger partial charge >= 0.3 is 0 Å². The van der Waals surface area contributed by atoms with Gasteiger partial charge in [-0.3, -0.25) is 9.69 Å². The predicted molar refractivity (Wildman–Crippen MR) is 68.7 cm³/mol. The van der Waals surface area contributed by atoms with Crippen molar-refractivity contribution in [1.29, 1.82) is 0 Å². The minimum absolute atomic E-state index is 0.320. The number of Topliss-reactive ketones (excluding diaryl/α,β-unsaturated/α-hetero) is 1. The van der Waals surface area contributed by atoms with Crippen LogP contribution >= 0.6 is 0 Å². The molecule has 0 unspecified atom stereocenters. The van der Waals surface area contributed by atoms with Gasteiger partial charge in [-0.25, -0.2) is 0 Å². The number of carbonyl (C=O) groups is 1. The largest absolute Gasteiger partial charge is 0.379 e. The Balaban J connectivity index is 1.51. The lowest BCUT2D eigenvalue weighted by atomic mass is 10.1. The van der Waals surface area contributed by atoms with E-state index in [9.17, 15) is 4.79 Å². The van der Waals surface area contributed by atoms with Crippen LogP contribution in [0.15, 0.2) is 18.5 Å². The molecule has 0 bridgehead atoms. The Kier molecular flexibility index (Phi) is 3.48. The van der Waals surface area contributed by atoms with Crippen LogP contribution in [0.4, 0.5) is 0 Å². The van der Waals surface area contributed by atoms with Crippen LogP contribution in [-0.2, 0) is 11.3 Å². The number of nitrogens with zero attached hydrogens (tertiary/aromatic N) is 2. The zero-order valence-electron chi connectivity index (χ0n) is 10.7. The Morgan fingerprint density at radius 2 is 2.06 bits per heavy atom. The first-order chi connectivity index (χ1) is 8.83. The van der Waals surface area contributed by atoms with E-state index in [1.54, 1.807) is 0 Å². The standard InChI is InChI=1S/C14H20N2O2/c17-14(12-1-2-12)13-3-4-16(11-13)6-5-15-7-9-18-10-8-15/h3-4,11-12H,1-2,5-10H2. The normalized spacial score (nSPS) is 21.1. The second kappa shape index (κ2) is 5.24. The summed E-state index contributed by atoms with van der Waals surface area (Å²) in [5.74, 6) is 0.653. The van der Waals surface area contributed by atoms with Gasteiger partial charge in [0.1, 0.15) is 0 Å². The summed E-state index contributed by atoms with van der Waals surface area (Å²) in [5, 5.41) is 0. The molecule has 1 aliphatic carbocycles. The lowest BCUT2D eigenvalue weighted by molar-refractivity contribution is 0.0364. The number of ether oxygens (including phenoxy) is 1. The number of morpholine rings is 1. The maximum absolute atomic E-state index is 11.9. The summed E-state index contributed by atoms with van der Waals surface area (Å²) in [6.07, 6.45) is 6.19. The molecule has 3 rings (SSSR count). The lowest BCUT2D eigenvalue weighted by Crippen LogP contribution is -2.38. The molecular weight excluding hydrogens is 228 g/mol. The molecular formula is C14H20N2O2. The van der Waals surface area contributed by atoms with Crippen molar-refractivity contribution in [1.82, 2.24) is 9.47 Å². The molecule has 1 aliphatic heterocycles. The molecule has 2 fully saturated rings. The summed E-state index contributed by atoms with van der Waals surface area (Å²) >= 11 is 0. The van der Waals surface area contributed by atoms with Gasteiger partial charge in [0.05, 0.1) is 13.2 Å². The molecule has 1 aromatic rings. The van der Waals surface area contributed by atoms with E-state index in [4.69, 9.17) is 4.74 Å². The van der Waals surface area contributed by atoms with Gasteiger partial charge < -0.3 is 9.30 Å². The molecule has 2 aliphatic rings. The Hall–Kier alpha value is -1.13. The van der Waals surface area contributed by atoms with Crippen molar-refractivity contribution < 1.29 is 9.53 Å². The first-order valence-corrected chi connectivity index (χ1v) is 6.83. The molecule has 1 aromatic heterocycles. The molecule has 0 radical (unpaired) electrons. The van der Waals surface area contributed by atoms with E-state index in [1.807, 2.05) is 18.5 Å². The third-order valence-electron chi connectivity index (χ3n) is 3.76. The third-order valence-corrected chi connectivity index (χ3v) is 3.76. The van der Waals surface area contributed by atoms with E-state index < -0.39 is 0 Å². The number of carbonyl (C=O) groups excluding carboxylic acids is 1. The van der Waals surface area contributed by atoms with Crippen LogP contribution in [0.5, 0.6) is 0 Å². The average Bonchev–Trinajstić information content (AvgIpc) is 3.15. The second-order valence-corrected chi connectivity index (χ2v) is 5.23. The zero-order chi connectivity index (χ0) is 12.4. The zero-order valence-corrected chi connectivity index (χ0v) is 10.7.